The minimum atomic E-state index is -0.859. The molecule has 0 radical (unpaired) electrons. The summed E-state index contributed by atoms with van der Waals surface area (Å²) < 4.78 is 0. The Labute approximate surface area is 267 Å². The van der Waals surface area contributed by atoms with Gasteiger partial charge >= 0.3 is 0 Å². The summed E-state index contributed by atoms with van der Waals surface area (Å²) in [4.78, 5) is 54.1. The number of rotatable bonds is 7. The highest BCUT2D eigenvalue weighted by Gasteiger charge is 2.31. The Hall–Kier alpha value is -4.20. The number of fused-ring (bicyclic) bond motifs is 2. The van der Waals surface area contributed by atoms with Crippen molar-refractivity contribution in [3.8, 4) is 45.3 Å². The van der Waals surface area contributed by atoms with Crippen LogP contribution >= 0.6 is 0 Å². The van der Waals surface area contributed by atoms with Crippen LogP contribution in [0.3, 0.4) is 0 Å². The Morgan fingerprint density at radius 2 is 1.15 bits per heavy atom. The maximum Gasteiger partial charge on any atom is 0.229 e. The van der Waals surface area contributed by atoms with Gasteiger partial charge in [-0.1, -0.05) is 64.2 Å². The zero-order valence-electron chi connectivity index (χ0n) is 26.6. The van der Waals surface area contributed by atoms with E-state index in [2.05, 4.69) is 0 Å². The molecule has 0 atom stereocenters. The second kappa shape index (κ2) is 12.5. The average molecular weight is 627 g/mol. The van der Waals surface area contributed by atoms with Gasteiger partial charge in [0, 0.05) is 61.3 Å². The van der Waals surface area contributed by atoms with Crippen molar-refractivity contribution < 1.29 is 20.4 Å². The lowest BCUT2D eigenvalue weighted by Crippen LogP contribution is -2.34. The van der Waals surface area contributed by atoms with E-state index >= 15 is 0 Å². The second-order valence-electron chi connectivity index (χ2n) is 13.7. The van der Waals surface area contributed by atoms with Crippen molar-refractivity contribution >= 4 is 10.8 Å². The van der Waals surface area contributed by atoms with Gasteiger partial charge in [-0.3, -0.25) is 19.2 Å². The van der Waals surface area contributed by atoms with Gasteiger partial charge in [0.2, 0.25) is 10.9 Å². The summed E-state index contributed by atoms with van der Waals surface area (Å²) >= 11 is 0. The van der Waals surface area contributed by atoms with Crippen molar-refractivity contribution in [3.05, 3.63) is 75.3 Å². The van der Waals surface area contributed by atoms with Gasteiger partial charge in [-0.25, -0.2) is 0 Å². The molecule has 2 fully saturated rings. The topological polar surface area (TPSA) is 149 Å². The summed E-state index contributed by atoms with van der Waals surface area (Å²) in [6.07, 6.45) is 13.1. The standard InChI is InChI=1S/C38H42O8/c1-19-29(37(45)25-17-27(39)35(43)23(31(25)33(19)41)15-13-21-9-5-3-6-10-21)30-20(2)34(42)32-24(16-14-22-11-7-4-8-12-22)36(44)28(40)18-26(32)38(30)46/h17-18,21-22,39,41,43,45H,3-16H2,1-2H3. The van der Waals surface area contributed by atoms with Crippen molar-refractivity contribution in [2.24, 2.45) is 11.8 Å². The average Bonchev–Trinajstić information content (AvgIpc) is 3.06. The molecule has 0 amide bonds. The van der Waals surface area contributed by atoms with Crippen LogP contribution < -0.4 is 21.7 Å². The summed E-state index contributed by atoms with van der Waals surface area (Å²) in [5.41, 5.74) is -2.85. The van der Waals surface area contributed by atoms with E-state index in [0.29, 0.717) is 30.2 Å². The predicted octanol–water partition coefficient (Wildman–Crippen LogP) is 6.39. The van der Waals surface area contributed by atoms with Crippen LogP contribution in [0.5, 0.6) is 23.0 Å². The van der Waals surface area contributed by atoms with E-state index < -0.39 is 33.2 Å². The fraction of sp³-hybridized carbons (Fsp3) is 0.474. The molecule has 8 nitrogen and oxygen atoms in total. The first-order valence-electron chi connectivity index (χ1n) is 16.8. The second-order valence-corrected chi connectivity index (χ2v) is 13.7. The van der Waals surface area contributed by atoms with Crippen LogP contribution in [0.2, 0.25) is 0 Å². The fourth-order valence-electron chi connectivity index (χ4n) is 8.26. The normalized spacial score (nSPS) is 16.5. The molecule has 0 aliphatic heterocycles. The van der Waals surface area contributed by atoms with E-state index in [-0.39, 0.29) is 67.6 Å². The summed E-state index contributed by atoms with van der Waals surface area (Å²) in [6, 6.07) is 2.07. The van der Waals surface area contributed by atoms with Crippen molar-refractivity contribution in [3.63, 3.8) is 0 Å². The van der Waals surface area contributed by atoms with Crippen molar-refractivity contribution in [1.29, 1.82) is 0 Å². The summed E-state index contributed by atoms with van der Waals surface area (Å²) in [5.74, 6) is -0.706. The van der Waals surface area contributed by atoms with Crippen LogP contribution in [-0.2, 0) is 12.8 Å². The molecule has 0 bridgehead atoms. The van der Waals surface area contributed by atoms with E-state index in [1.54, 1.807) is 0 Å². The molecular formula is C38H42O8. The molecule has 4 N–H and O–H groups in total. The maximum absolute atomic E-state index is 14.2. The quantitative estimate of drug-likeness (QED) is 0.105. The van der Waals surface area contributed by atoms with Gasteiger partial charge in [0.05, 0.1) is 0 Å². The van der Waals surface area contributed by atoms with Crippen molar-refractivity contribution in [2.45, 2.75) is 104 Å². The van der Waals surface area contributed by atoms with Gasteiger partial charge < -0.3 is 20.4 Å². The van der Waals surface area contributed by atoms with Gasteiger partial charge in [-0.2, -0.15) is 0 Å². The van der Waals surface area contributed by atoms with Crippen molar-refractivity contribution in [2.75, 3.05) is 0 Å². The van der Waals surface area contributed by atoms with Crippen LogP contribution in [0.4, 0.5) is 0 Å². The summed E-state index contributed by atoms with van der Waals surface area (Å²) in [6.45, 7) is 2.96. The number of phenols is 4. The monoisotopic (exact) mass is 626 g/mol. The molecule has 0 aromatic heterocycles. The molecule has 0 saturated heterocycles. The zero-order valence-corrected chi connectivity index (χ0v) is 26.6. The van der Waals surface area contributed by atoms with Gasteiger partial charge in [-0.05, 0) is 57.4 Å². The molecule has 46 heavy (non-hydrogen) atoms. The van der Waals surface area contributed by atoms with E-state index in [1.165, 1.54) is 26.7 Å². The molecule has 0 heterocycles. The largest absolute Gasteiger partial charge is 0.507 e. The molecular weight excluding hydrogens is 584 g/mol. The minimum Gasteiger partial charge on any atom is -0.507 e. The fourth-order valence-corrected chi connectivity index (χ4v) is 8.26. The molecule has 2 aromatic rings. The number of benzene rings is 4. The molecule has 242 valence electrons. The Kier molecular flexibility index (Phi) is 8.66. The molecule has 8 heteroatoms. The van der Waals surface area contributed by atoms with Crippen LogP contribution in [0, 0.1) is 25.7 Å². The van der Waals surface area contributed by atoms with Crippen LogP contribution in [0.15, 0.2) is 31.3 Å². The highest BCUT2D eigenvalue weighted by atomic mass is 16.3. The highest BCUT2D eigenvalue weighted by molar-refractivity contribution is 6.05. The first kappa shape index (κ1) is 31.8. The lowest BCUT2D eigenvalue weighted by Gasteiger charge is -2.23. The van der Waals surface area contributed by atoms with E-state index in [0.717, 1.165) is 69.9 Å². The highest BCUT2D eigenvalue weighted by Crippen LogP contribution is 2.50. The Bertz CT molecular complexity index is 2000. The number of phenolic OH excluding ortho intramolecular Hbond substituents is 4. The van der Waals surface area contributed by atoms with Crippen LogP contribution in [0.25, 0.3) is 33.0 Å². The molecule has 2 aromatic carbocycles. The molecule has 4 aliphatic rings. The minimum absolute atomic E-state index is 0.00728. The molecule has 4 aliphatic carbocycles. The van der Waals surface area contributed by atoms with Gasteiger partial charge in [0.25, 0.3) is 0 Å². The number of hydrogen-bond acceptors (Lipinski definition) is 8. The molecule has 6 rings (SSSR count). The van der Waals surface area contributed by atoms with Crippen LogP contribution in [0.1, 0.15) is 99.3 Å². The van der Waals surface area contributed by atoms with Gasteiger partial charge in [-0.15, -0.1) is 0 Å². The number of aryl methyl sites for hydroxylation is 1. The van der Waals surface area contributed by atoms with E-state index in [9.17, 15) is 39.6 Å². The van der Waals surface area contributed by atoms with Gasteiger partial charge in [0.15, 0.2) is 22.4 Å². The predicted molar refractivity (Wildman–Crippen MR) is 179 cm³/mol. The number of hydrogen-bond donors (Lipinski definition) is 4. The van der Waals surface area contributed by atoms with Crippen molar-refractivity contribution in [1.82, 2.24) is 0 Å². The van der Waals surface area contributed by atoms with Gasteiger partial charge in [0.1, 0.15) is 11.5 Å². The SMILES string of the molecule is Cc1c(-c2c(C)c(=O)c3c(CCC4CCCCC4)c(=O)c(=O)cc-3c2=O)c(O)c2cc(O)c(O)c(CCC3CCCCC3)c2c1O. The first-order valence-corrected chi connectivity index (χ1v) is 16.8. The first-order chi connectivity index (χ1) is 22.0. The molecule has 0 unspecified atom stereocenters. The third-order valence-corrected chi connectivity index (χ3v) is 10.9. The lowest BCUT2D eigenvalue weighted by atomic mass is 9.81. The maximum atomic E-state index is 14.2. The summed E-state index contributed by atoms with van der Waals surface area (Å²) in [5, 5.41) is 45.0. The Morgan fingerprint density at radius 1 is 0.587 bits per heavy atom. The third kappa shape index (κ3) is 5.35. The Balaban J connectivity index is 1.53. The molecule has 0 spiro atoms. The smallest absolute Gasteiger partial charge is 0.229 e. The summed E-state index contributed by atoms with van der Waals surface area (Å²) in [7, 11) is 0. The van der Waals surface area contributed by atoms with E-state index in [1.807, 2.05) is 0 Å². The zero-order chi connectivity index (χ0) is 32.9. The number of aromatic hydroxyl groups is 4. The van der Waals surface area contributed by atoms with E-state index in [4.69, 9.17) is 0 Å². The van der Waals surface area contributed by atoms with Crippen LogP contribution in [-0.4, -0.2) is 20.4 Å². The third-order valence-electron chi connectivity index (χ3n) is 10.9. The lowest BCUT2D eigenvalue weighted by molar-refractivity contribution is 0.336. The Morgan fingerprint density at radius 3 is 1.74 bits per heavy atom. The molecule has 2 saturated carbocycles.